The summed E-state index contributed by atoms with van der Waals surface area (Å²) in [7, 11) is 0. The molecule has 1 aliphatic rings. The Labute approximate surface area is 120 Å². The monoisotopic (exact) mass is 285 g/mol. The summed E-state index contributed by atoms with van der Waals surface area (Å²) in [5.41, 5.74) is 5.04. The fourth-order valence-electron chi connectivity index (χ4n) is 2.46. The SMILES string of the molecule is OCC1c2ccccc2-c2ccccc21.[Y]. The summed E-state index contributed by atoms with van der Waals surface area (Å²) in [6, 6.07) is 16.6. The largest absolute Gasteiger partial charge is 0.395 e. The number of aliphatic hydroxyl groups is 1. The molecule has 0 spiro atoms. The molecule has 0 aromatic heterocycles. The van der Waals surface area contributed by atoms with E-state index in [4.69, 9.17) is 0 Å². The normalized spacial score (nSPS) is 12.8. The summed E-state index contributed by atoms with van der Waals surface area (Å²) in [5.74, 6) is 0.164. The topological polar surface area (TPSA) is 20.2 Å². The zero-order valence-corrected chi connectivity index (χ0v) is 11.8. The van der Waals surface area contributed by atoms with Crippen molar-refractivity contribution < 1.29 is 37.8 Å². The molecule has 0 unspecified atom stereocenters. The molecule has 0 aliphatic heterocycles. The molecule has 3 rings (SSSR count). The van der Waals surface area contributed by atoms with Crippen molar-refractivity contribution in [2.45, 2.75) is 5.92 Å². The first-order valence-electron chi connectivity index (χ1n) is 5.21. The minimum absolute atomic E-state index is 0. The number of hydrogen-bond donors (Lipinski definition) is 1. The summed E-state index contributed by atoms with van der Waals surface area (Å²) in [4.78, 5) is 0. The number of hydrogen-bond acceptors (Lipinski definition) is 1. The molecule has 0 bridgehead atoms. The quantitative estimate of drug-likeness (QED) is 0.854. The zero-order chi connectivity index (χ0) is 10.3. The van der Waals surface area contributed by atoms with Gasteiger partial charge in [0, 0.05) is 38.6 Å². The molecule has 0 saturated carbocycles. The third-order valence-corrected chi connectivity index (χ3v) is 3.15. The molecule has 2 heteroatoms. The van der Waals surface area contributed by atoms with Gasteiger partial charge >= 0.3 is 0 Å². The fraction of sp³-hybridized carbons (Fsp3) is 0.143. The van der Waals surface area contributed by atoms with E-state index in [1.54, 1.807) is 0 Å². The zero-order valence-electron chi connectivity index (χ0n) is 8.93. The Morgan fingerprint density at radius 3 is 1.69 bits per heavy atom. The van der Waals surface area contributed by atoms with E-state index < -0.39 is 0 Å². The van der Waals surface area contributed by atoms with Crippen LogP contribution in [0, 0.1) is 0 Å². The second kappa shape index (κ2) is 4.79. The van der Waals surface area contributed by atoms with Crippen molar-refractivity contribution in [2.24, 2.45) is 0 Å². The van der Waals surface area contributed by atoms with Gasteiger partial charge in [-0.2, -0.15) is 0 Å². The summed E-state index contributed by atoms with van der Waals surface area (Å²) in [6.07, 6.45) is 0. The maximum Gasteiger partial charge on any atom is 0.0540 e. The van der Waals surface area contributed by atoms with Crippen LogP contribution in [0.4, 0.5) is 0 Å². The van der Waals surface area contributed by atoms with Gasteiger partial charge in [-0.1, -0.05) is 48.5 Å². The Morgan fingerprint density at radius 1 is 0.812 bits per heavy atom. The van der Waals surface area contributed by atoms with E-state index >= 15 is 0 Å². The van der Waals surface area contributed by atoms with E-state index in [1.165, 1.54) is 22.3 Å². The summed E-state index contributed by atoms with van der Waals surface area (Å²) in [5, 5.41) is 9.46. The molecule has 0 amide bonds. The summed E-state index contributed by atoms with van der Waals surface area (Å²) in [6.45, 7) is 0.189. The van der Waals surface area contributed by atoms with E-state index in [0.29, 0.717) is 0 Å². The maximum atomic E-state index is 9.46. The molecule has 0 atom stereocenters. The van der Waals surface area contributed by atoms with Gasteiger partial charge in [0.1, 0.15) is 0 Å². The average Bonchev–Trinajstić information content (AvgIpc) is 2.63. The van der Waals surface area contributed by atoms with Crippen LogP contribution in [0.2, 0.25) is 0 Å². The van der Waals surface area contributed by atoms with Crippen molar-refractivity contribution in [2.75, 3.05) is 6.61 Å². The second-order valence-corrected chi connectivity index (χ2v) is 3.91. The van der Waals surface area contributed by atoms with Gasteiger partial charge in [0.15, 0.2) is 0 Å². The molecule has 1 aliphatic carbocycles. The number of fused-ring (bicyclic) bond motifs is 3. The molecule has 1 N–H and O–H groups in total. The third kappa shape index (κ3) is 1.67. The molecule has 1 nitrogen and oxygen atoms in total. The first kappa shape index (κ1) is 12.0. The van der Waals surface area contributed by atoms with E-state index in [-0.39, 0.29) is 45.2 Å². The molecular formula is C14H12OY. The van der Waals surface area contributed by atoms with Crippen LogP contribution in [0.1, 0.15) is 17.0 Å². The van der Waals surface area contributed by atoms with Crippen LogP contribution < -0.4 is 0 Å². The Kier molecular flexibility index (Phi) is 3.58. The molecule has 77 valence electrons. The maximum absolute atomic E-state index is 9.46. The molecular weight excluding hydrogens is 273 g/mol. The average molecular weight is 285 g/mol. The first-order valence-corrected chi connectivity index (χ1v) is 5.21. The van der Waals surface area contributed by atoms with Gasteiger partial charge in [0.25, 0.3) is 0 Å². The van der Waals surface area contributed by atoms with Gasteiger partial charge in [-0.05, 0) is 22.3 Å². The summed E-state index contributed by atoms with van der Waals surface area (Å²) >= 11 is 0. The van der Waals surface area contributed by atoms with Crippen LogP contribution in [0.25, 0.3) is 11.1 Å². The Morgan fingerprint density at radius 2 is 1.25 bits per heavy atom. The Bertz CT molecular complexity index is 462. The summed E-state index contributed by atoms with van der Waals surface area (Å²) < 4.78 is 0. The molecule has 2 aromatic carbocycles. The molecule has 0 heterocycles. The Hall–Kier alpha value is -0.496. The van der Waals surface area contributed by atoms with Crippen LogP contribution in [-0.2, 0) is 32.7 Å². The van der Waals surface area contributed by atoms with E-state index in [1.807, 2.05) is 12.1 Å². The van der Waals surface area contributed by atoms with Crippen LogP contribution in [-0.4, -0.2) is 11.7 Å². The molecule has 16 heavy (non-hydrogen) atoms. The predicted molar refractivity (Wildman–Crippen MR) is 60.8 cm³/mol. The van der Waals surface area contributed by atoms with Crippen LogP contribution in [0.3, 0.4) is 0 Å². The third-order valence-electron chi connectivity index (χ3n) is 3.15. The number of benzene rings is 2. The number of aliphatic hydroxyl groups excluding tert-OH is 1. The minimum Gasteiger partial charge on any atom is -0.395 e. The van der Waals surface area contributed by atoms with Crippen LogP contribution >= 0.6 is 0 Å². The van der Waals surface area contributed by atoms with Gasteiger partial charge in [-0.25, -0.2) is 0 Å². The van der Waals surface area contributed by atoms with Crippen molar-refractivity contribution in [1.82, 2.24) is 0 Å². The van der Waals surface area contributed by atoms with Gasteiger partial charge in [0.05, 0.1) is 6.61 Å². The molecule has 1 radical (unpaired) electrons. The fourth-order valence-corrected chi connectivity index (χ4v) is 2.46. The number of rotatable bonds is 1. The van der Waals surface area contributed by atoms with E-state index in [9.17, 15) is 5.11 Å². The van der Waals surface area contributed by atoms with E-state index in [0.717, 1.165) is 0 Å². The Balaban J connectivity index is 0.000000963. The van der Waals surface area contributed by atoms with Gasteiger partial charge in [0.2, 0.25) is 0 Å². The van der Waals surface area contributed by atoms with Crippen molar-refractivity contribution in [1.29, 1.82) is 0 Å². The van der Waals surface area contributed by atoms with Crippen molar-refractivity contribution >= 4 is 0 Å². The predicted octanol–water partition coefficient (Wildman–Crippen LogP) is 2.79. The van der Waals surface area contributed by atoms with Crippen molar-refractivity contribution in [3.63, 3.8) is 0 Å². The molecule has 0 saturated heterocycles. The van der Waals surface area contributed by atoms with Gasteiger partial charge in [-0.15, -0.1) is 0 Å². The molecule has 0 fully saturated rings. The van der Waals surface area contributed by atoms with Crippen molar-refractivity contribution in [3.8, 4) is 11.1 Å². The molecule has 2 aromatic rings. The van der Waals surface area contributed by atoms with Crippen LogP contribution in [0.5, 0.6) is 0 Å². The van der Waals surface area contributed by atoms with Crippen molar-refractivity contribution in [3.05, 3.63) is 59.7 Å². The van der Waals surface area contributed by atoms with Crippen LogP contribution in [0.15, 0.2) is 48.5 Å². The minimum atomic E-state index is 0. The second-order valence-electron chi connectivity index (χ2n) is 3.91. The first-order chi connectivity index (χ1) is 7.42. The van der Waals surface area contributed by atoms with Gasteiger partial charge in [-0.3, -0.25) is 0 Å². The van der Waals surface area contributed by atoms with Gasteiger partial charge < -0.3 is 5.11 Å². The smallest absolute Gasteiger partial charge is 0.0540 e. The standard InChI is InChI=1S/C14H12O.Y/c15-9-14-12-7-3-1-5-10(12)11-6-2-4-8-13(11)14;/h1-8,14-15H,9H2;. The van der Waals surface area contributed by atoms with E-state index in [2.05, 4.69) is 36.4 Å².